The number of aromatic nitrogens is 1. The zero-order valence-corrected chi connectivity index (χ0v) is 58.8. The zero-order chi connectivity index (χ0) is 69.5. The number of carbonyl (C=O) groups excluding carboxylic acids is 3. The Morgan fingerprint density at radius 1 is 0.879 bits per heavy atom. The first-order valence-corrected chi connectivity index (χ1v) is 39.1. The molecule has 2 aromatic carbocycles. The minimum Gasteiger partial charge on any atom is -0.508 e. The maximum atomic E-state index is 16.9. The van der Waals surface area contributed by atoms with Crippen molar-refractivity contribution >= 4 is 45.1 Å². The molecule has 26 atom stereocenters. The van der Waals surface area contributed by atoms with E-state index in [1.807, 2.05) is 56.6 Å². The van der Waals surface area contributed by atoms with E-state index in [1.54, 1.807) is 31.2 Å². The van der Waals surface area contributed by atoms with Crippen LogP contribution in [0.1, 0.15) is 158 Å². The first-order valence-electron chi connectivity index (χ1n) is 36.7. The van der Waals surface area contributed by atoms with E-state index in [-0.39, 0.29) is 93.1 Å². The lowest BCUT2D eigenvalue weighted by atomic mass is 9.35. The van der Waals surface area contributed by atoms with Crippen LogP contribution in [-0.4, -0.2) is 147 Å². The molecule has 3 aromatic rings. The van der Waals surface area contributed by atoms with Crippen LogP contribution < -0.4 is 16.4 Å². The average molecular weight is 1390 g/mol. The summed E-state index contributed by atoms with van der Waals surface area (Å²) in [6.07, 6.45) is 5.63. The molecule has 14 N–H and O–H groups in total. The molecule has 2 spiro atoms. The number of Topliss-reactive ketones (excluding diaryl/α,β-unsaturated/α-hetero) is 2. The van der Waals surface area contributed by atoms with E-state index in [1.165, 1.54) is 27.2 Å². The number of H-pyrrole nitrogens is 1. The third-order valence-electron chi connectivity index (χ3n) is 28.2. The molecule has 6 bridgehead atoms. The number of hydrogen-bond donors (Lipinski definition) is 13. The average Bonchev–Trinajstić information content (AvgIpc) is 1.61. The molecular formula is C79H99N5O13S2. The molecule has 6 saturated carbocycles. The van der Waals surface area contributed by atoms with E-state index < -0.39 is 165 Å². The van der Waals surface area contributed by atoms with Crippen molar-refractivity contribution < 1.29 is 65.1 Å². The van der Waals surface area contributed by atoms with Crippen molar-refractivity contribution in [1.82, 2.24) is 15.6 Å². The highest BCUT2D eigenvalue weighted by molar-refractivity contribution is 8.76. The number of guanidine groups is 1. The lowest BCUT2D eigenvalue weighted by Gasteiger charge is -2.70. The molecule has 0 unspecified atom stereocenters. The number of nitrogens with one attached hydrogen (secondary N) is 3. The van der Waals surface area contributed by atoms with E-state index in [2.05, 4.69) is 52.3 Å². The molecule has 20 heteroatoms. The van der Waals surface area contributed by atoms with Gasteiger partial charge in [-0.25, -0.2) is 4.99 Å². The molecule has 8 fully saturated rings. The Kier molecular flexibility index (Phi) is 18.1. The predicted molar refractivity (Wildman–Crippen MR) is 376 cm³/mol. The molecule has 4 heterocycles. The maximum Gasteiger partial charge on any atom is 0.314 e. The Hall–Kier alpha value is -5.62. The molecule has 18 nitrogen and oxygen atoms in total. The van der Waals surface area contributed by atoms with Gasteiger partial charge < -0.3 is 72.0 Å². The highest BCUT2D eigenvalue weighted by Gasteiger charge is 2.81. The van der Waals surface area contributed by atoms with E-state index in [4.69, 9.17) is 15.5 Å². The summed E-state index contributed by atoms with van der Waals surface area (Å²) in [6, 6.07) is 15.0. The van der Waals surface area contributed by atoms with Gasteiger partial charge >= 0.3 is 5.97 Å². The molecule has 12 aliphatic rings. The topological polar surface area (TPSA) is 321 Å². The zero-order valence-electron chi connectivity index (χ0n) is 57.2. The number of nitrogens with two attached hydrogens (primary N) is 1. The van der Waals surface area contributed by atoms with E-state index in [0.29, 0.717) is 49.3 Å². The number of fused-ring (bicyclic) bond motifs is 12. The second-order valence-corrected chi connectivity index (χ2v) is 35.4. The van der Waals surface area contributed by atoms with Gasteiger partial charge in [0.2, 0.25) is 0 Å². The standard InChI is InChI=1S/C79H99N5O13S2/c1-5-61-62(63(72(93)97-61)49-23-26-81-35-49)46-11-8-12-47-32-79(96)66-64(74(3)34-60(88)68(89)54-40-99-98-39-51(43-17-20-52(86)21-18-43)29-59(87)58(38-85)84-67(66)69(90)65(54)74)50-28-45-16-15-42-9-6-7-10-48(42)36-82-73(80)83-37-57(45)78(79,31-50)70(47)75(4,94)77(95)25-24-76(30-46)55(53(33-77)71(91)92)22-19-44-14-13-41(2)27-56(44)76/h6-7,9-10,17-21,23,26,35,41,45-47,50-51,53-58,60-65,68,70-71,81,84-86,88-89,91-92,94-96H,5,12-14,22,24-25,27-34,36-40H2,1-4H3,(H3,80,82,83)/t41-,45+,46+,47-,50-,51-,53-,54-,55+,56-,57+,58+,60+,61-,62-,63+,64+,65+,68-,70-,74-,75-,76-,77-,78+,79-/m1/s1. The number of hydrogen-bond acceptors (Lipinski definition) is 19. The second kappa shape index (κ2) is 26.0. The number of aliphatic hydroxyl groups is 8. The van der Waals surface area contributed by atoms with Gasteiger partial charge in [-0.1, -0.05) is 102 Å². The fraction of sp³-hybridized carbons (Fsp3) is 0.646. The summed E-state index contributed by atoms with van der Waals surface area (Å²) in [5.74, 6) is 5.26. The first-order chi connectivity index (χ1) is 47.4. The quantitative estimate of drug-likeness (QED) is 0.0373. The number of phenols is 1. The molecule has 3 aliphatic heterocycles. The van der Waals surface area contributed by atoms with Gasteiger partial charge in [-0.2, -0.15) is 0 Å². The number of ether oxygens (including phenoxy) is 1. The lowest BCUT2D eigenvalue weighted by Crippen LogP contribution is -2.74. The maximum absolute atomic E-state index is 16.9. The normalized spacial score (nSPS) is 44.8. The number of aromatic hydroxyl groups is 1. The smallest absolute Gasteiger partial charge is 0.314 e. The third-order valence-corrected chi connectivity index (χ3v) is 30.7. The molecule has 9 aliphatic carbocycles. The van der Waals surface area contributed by atoms with Crippen LogP contribution in [0.4, 0.5) is 0 Å². The van der Waals surface area contributed by atoms with Gasteiger partial charge in [-0.15, -0.1) is 5.92 Å². The minimum absolute atomic E-state index is 0.0237. The highest BCUT2D eigenvalue weighted by atomic mass is 33.1. The summed E-state index contributed by atoms with van der Waals surface area (Å²) >= 11 is 0. The van der Waals surface area contributed by atoms with Crippen molar-refractivity contribution in [3.8, 4) is 29.4 Å². The summed E-state index contributed by atoms with van der Waals surface area (Å²) in [4.78, 5) is 55.0. The van der Waals surface area contributed by atoms with Crippen molar-refractivity contribution in [2.45, 2.75) is 190 Å². The van der Waals surface area contributed by atoms with Crippen molar-refractivity contribution in [3.05, 3.63) is 112 Å². The number of benzene rings is 2. The lowest BCUT2D eigenvalue weighted by molar-refractivity contribution is -0.260. The van der Waals surface area contributed by atoms with Crippen LogP contribution in [0.5, 0.6) is 5.75 Å². The van der Waals surface area contributed by atoms with Gasteiger partial charge in [0.25, 0.3) is 0 Å². The van der Waals surface area contributed by atoms with E-state index >= 15 is 19.8 Å². The number of cyclic esters (lactones) is 1. The Labute approximate surface area is 588 Å². The van der Waals surface area contributed by atoms with Gasteiger partial charge in [-0.05, 0) is 189 Å². The molecule has 0 radical (unpaired) electrons. The Morgan fingerprint density at radius 2 is 1.67 bits per heavy atom. The Morgan fingerprint density at radius 3 is 2.42 bits per heavy atom. The van der Waals surface area contributed by atoms with Crippen LogP contribution in [-0.2, 0) is 25.7 Å². The van der Waals surface area contributed by atoms with Crippen LogP contribution in [0.2, 0.25) is 0 Å². The van der Waals surface area contributed by atoms with Crippen molar-refractivity contribution in [3.63, 3.8) is 0 Å². The number of aliphatic imine (C=N–C) groups is 1. The number of aliphatic hydroxyl groups excluding tert-OH is 4. The molecule has 2 saturated heterocycles. The second-order valence-electron chi connectivity index (χ2n) is 32.9. The highest BCUT2D eigenvalue weighted by Crippen LogP contribution is 2.79. The van der Waals surface area contributed by atoms with Gasteiger partial charge in [0.1, 0.15) is 17.9 Å². The van der Waals surface area contributed by atoms with Crippen LogP contribution in [0.3, 0.4) is 0 Å². The molecule has 99 heavy (non-hydrogen) atoms. The number of phenolic OH excluding ortho intramolecular Hbond substituents is 1. The van der Waals surface area contributed by atoms with Crippen LogP contribution >= 0.6 is 21.6 Å². The monoisotopic (exact) mass is 1390 g/mol. The van der Waals surface area contributed by atoms with E-state index in [9.17, 15) is 40.5 Å². The Balaban J connectivity index is 0.993. The largest absolute Gasteiger partial charge is 0.508 e. The number of rotatable bonds is 6. The summed E-state index contributed by atoms with van der Waals surface area (Å²) in [6.45, 7) is 7.56. The summed E-state index contributed by atoms with van der Waals surface area (Å²) in [7, 11) is 2.96. The number of ketones is 2. The van der Waals surface area contributed by atoms with Gasteiger partial charge in [0.05, 0.1) is 53.8 Å². The predicted octanol–water partition coefficient (Wildman–Crippen LogP) is 7.52. The summed E-state index contributed by atoms with van der Waals surface area (Å²) in [5.41, 5.74) is 1.71. The van der Waals surface area contributed by atoms with Gasteiger partial charge in [0, 0.05) is 102 Å². The SMILES string of the molecule is CC[C@H]1OC(=O)[C@@H](c2cc[nH]c2)[C@@H]1[C@H]1C#CC[C@@H]2C[C@@]3(O)C4=C5N[C@@H](CO)C(=O)C[C@@H](c6ccc(O)cc6)CSSC[C@H]6[C@@H](O)[C@@H](O)C[C@](C)([C@H]4[C@@H]4C[C@@H]7C#Cc8ccccc8CN=C(N)NC[C@@H]7[C@@]3(C4)[C@H]2[C@@](C)(O)[C@@]2(O)CC[C@]3(C1)[C@@H]1C[C@H](C)CCC1=CC[C@H]3[C@H](C(O)O)C2)[C@@H]6C5=O. The summed E-state index contributed by atoms with van der Waals surface area (Å²) in [5, 5.41) is 125. The summed E-state index contributed by atoms with van der Waals surface area (Å²) < 4.78 is 6.44. The number of allylic oxidation sites excluding steroid dienone is 3. The fourth-order valence-corrected chi connectivity index (χ4v) is 26.8. The number of esters is 1. The van der Waals surface area contributed by atoms with Crippen molar-refractivity contribution in [2.75, 3.05) is 24.7 Å². The Bertz CT molecular complexity index is 3870. The van der Waals surface area contributed by atoms with Gasteiger partial charge in [-0.3, -0.25) is 14.4 Å². The molecule has 1 aromatic heterocycles. The molecule has 15 rings (SSSR count). The third kappa shape index (κ3) is 11.0. The van der Waals surface area contributed by atoms with Crippen LogP contribution in [0.15, 0.2) is 94.9 Å². The molecule has 530 valence electrons. The minimum atomic E-state index is -2.21. The molecule has 0 amide bonds. The fourth-order valence-electron chi connectivity index (χ4n) is 24.1. The number of nitrogens with zero attached hydrogens (tertiary/aromatic N) is 1. The van der Waals surface area contributed by atoms with Crippen LogP contribution in [0, 0.1) is 123 Å². The van der Waals surface area contributed by atoms with Crippen molar-refractivity contribution in [1.29, 1.82) is 0 Å². The number of aromatic amines is 1. The first kappa shape index (κ1) is 69.1. The molecular weight excluding hydrogens is 1290 g/mol. The van der Waals surface area contributed by atoms with Crippen LogP contribution in [0.25, 0.3) is 0 Å². The number of carbonyl (C=O) groups is 3. The van der Waals surface area contributed by atoms with E-state index in [0.717, 1.165) is 41.5 Å². The van der Waals surface area contributed by atoms with Gasteiger partial charge in [0.15, 0.2) is 23.8 Å². The van der Waals surface area contributed by atoms with Crippen molar-refractivity contribution in [2.24, 2.45) is 110 Å².